The zero-order valence-electron chi connectivity index (χ0n) is 19.0. The first-order valence-electron chi connectivity index (χ1n) is 11.5. The van der Waals surface area contributed by atoms with Gasteiger partial charge in [0.25, 0.3) is 5.91 Å². The molecule has 0 spiro atoms. The first-order valence-corrected chi connectivity index (χ1v) is 12.2. The van der Waals surface area contributed by atoms with Crippen molar-refractivity contribution in [2.45, 2.75) is 39.2 Å². The highest BCUT2D eigenvalue weighted by molar-refractivity contribution is 6.36. The summed E-state index contributed by atoms with van der Waals surface area (Å²) in [6.07, 6.45) is 3.27. The maximum absolute atomic E-state index is 13.9. The Bertz CT molecular complexity index is 1040. The molecule has 0 aliphatic carbocycles. The van der Waals surface area contributed by atoms with Crippen LogP contribution < -0.4 is 10.2 Å². The van der Waals surface area contributed by atoms with Gasteiger partial charge in [0.2, 0.25) is 5.91 Å². The Labute approximate surface area is 204 Å². The number of likely N-dealkylation sites (N-methyl/N-ethyl adjacent to an activating group) is 1. The van der Waals surface area contributed by atoms with Crippen molar-refractivity contribution in [1.82, 2.24) is 14.8 Å². The fourth-order valence-electron chi connectivity index (χ4n) is 4.66. The number of para-hydroxylation sites is 1. The predicted molar refractivity (Wildman–Crippen MR) is 133 cm³/mol. The number of halogens is 2. The van der Waals surface area contributed by atoms with Gasteiger partial charge in [-0.25, -0.2) is 4.98 Å². The van der Waals surface area contributed by atoms with Gasteiger partial charge in [-0.05, 0) is 56.7 Å². The molecule has 2 aliphatic rings. The summed E-state index contributed by atoms with van der Waals surface area (Å²) in [5.74, 6) is -0.251. The van der Waals surface area contributed by atoms with E-state index in [1.165, 1.54) is 4.90 Å². The van der Waals surface area contributed by atoms with Crippen molar-refractivity contribution in [2.75, 3.05) is 42.9 Å². The van der Waals surface area contributed by atoms with Crippen LogP contribution in [0.15, 0.2) is 30.3 Å². The number of anilines is 3. The van der Waals surface area contributed by atoms with Gasteiger partial charge in [-0.15, -0.1) is 0 Å². The average Bonchev–Trinajstić information content (AvgIpc) is 2.93. The van der Waals surface area contributed by atoms with E-state index in [4.69, 9.17) is 23.2 Å². The Balaban J connectivity index is 1.71. The van der Waals surface area contributed by atoms with Crippen molar-refractivity contribution in [1.29, 1.82) is 0 Å². The molecule has 1 aromatic heterocycles. The summed E-state index contributed by atoms with van der Waals surface area (Å²) in [4.78, 5) is 37.3. The number of likely N-dealkylation sites (tertiary alicyclic amines) is 1. The molecule has 1 fully saturated rings. The molecule has 3 heterocycles. The molecule has 0 saturated carbocycles. The fourth-order valence-corrected chi connectivity index (χ4v) is 5.06. The van der Waals surface area contributed by atoms with Crippen LogP contribution in [0.25, 0.3) is 0 Å². The lowest BCUT2D eigenvalue weighted by Crippen LogP contribution is -2.50. The molecule has 176 valence electrons. The first-order chi connectivity index (χ1) is 15.9. The Kier molecular flexibility index (Phi) is 7.54. The van der Waals surface area contributed by atoms with E-state index in [0.717, 1.165) is 45.4 Å². The van der Waals surface area contributed by atoms with E-state index in [9.17, 15) is 9.59 Å². The normalized spacial score (nSPS) is 18.5. The summed E-state index contributed by atoms with van der Waals surface area (Å²) >= 11 is 12.7. The highest BCUT2D eigenvalue weighted by Crippen LogP contribution is 2.41. The molecule has 4 rings (SSSR count). The van der Waals surface area contributed by atoms with E-state index in [1.54, 1.807) is 30.3 Å². The fraction of sp³-hybridized carbons (Fsp3) is 0.458. The second-order valence-electron chi connectivity index (χ2n) is 8.43. The molecule has 2 aromatic rings. The minimum atomic E-state index is -0.342. The maximum Gasteiger partial charge on any atom is 0.257 e. The number of benzene rings is 1. The zero-order chi connectivity index (χ0) is 23.5. The molecule has 9 heteroatoms. The van der Waals surface area contributed by atoms with E-state index < -0.39 is 0 Å². The number of piperidine rings is 1. The highest BCUT2D eigenvalue weighted by atomic mass is 35.5. The molecule has 1 aromatic carbocycles. The van der Waals surface area contributed by atoms with E-state index >= 15 is 0 Å². The molecule has 0 radical (unpaired) electrons. The number of nitrogens with one attached hydrogen (secondary N) is 1. The van der Waals surface area contributed by atoms with Crippen LogP contribution in [0.3, 0.4) is 0 Å². The third-order valence-corrected chi connectivity index (χ3v) is 6.97. The van der Waals surface area contributed by atoms with E-state index in [1.807, 2.05) is 0 Å². The van der Waals surface area contributed by atoms with E-state index in [2.05, 4.69) is 33.9 Å². The number of hydrogen-bond acceptors (Lipinski definition) is 5. The molecule has 1 saturated heterocycles. The monoisotopic (exact) mass is 489 g/mol. The topological polar surface area (TPSA) is 68.8 Å². The molecule has 1 unspecified atom stereocenters. The number of carbonyl (C=O) groups is 2. The van der Waals surface area contributed by atoms with Gasteiger partial charge in [0.05, 0.1) is 28.5 Å². The molecule has 0 bridgehead atoms. The molecule has 1 N–H and O–H groups in total. The lowest BCUT2D eigenvalue weighted by molar-refractivity contribution is -0.120. The second-order valence-corrected chi connectivity index (χ2v) is 9.22. The van der Waals surface area contributed by atoms with Crippen molar-refractivity contribution in [2.24, 2.45) is 0 Å². The number of carbonyl (C=O) groups excluding carboxylic acids is 2. The van der Waals surface area contributed by atoms with Gasteiger partial charge in [-0.3, -0.25) is 19.4 Å². The van der Waals surface area contributed by atoms with Gasteiger partial charge in [0, 0.05) is 12.6 Å². The zero-order valence-corrected chi connectivity index (χ0v) is 20.5. The van der Waals surface area contributed by atoms with Crippen LogP contribution in [0.1, 0.15) is 43.5 Å². The lowest BCUT2D eigenvalue weighted by Gasteiger charge is -2.38. The van der Waals surface area contributed by atoms with Crippen LogP contribution in [0.2, 0.25) is 10.2 Å². The molecule has 7 nitrogen and oxygen atoms in total. The average molecular weight is 490 g/mol. The first kappa shape index (κ1) is 24.0. The summed E-state index contributed by atoms with van der Waals surface area (Å²) in [5.41, 5.74) is 1.08. The van der Waals surface area contributed by atoms with Crippen LogP contribution in [0, 0.1) is 0 Å². The van der Waals surface area contributed by atoms with Crippen molar-refractivity contribution in [3.63, 3.8) is 0 Å². The van der Waals surface area contributed by atoms with Crippen LogP contribution in [0.5, 0.6) is 0 Å². The van der Waals surface area contributed by atoms with Gasteiger partial charge >= 0.3 is 0 Å². The highest BCUT2D eigenvalue weighted by Gasteiger charge is 2.35. The van der Waals surface area contributed by atoms with Gasteiger partial charge in [-0.1, -0.05) is 49.5 Å². The minimum absolute atomic E-state index is 0.191. The maximum atomic E-state index is 13.9. The van der Waals surface area contributed by atoms with Crippen LogP contribution >= 0.6 is 23.2 Å². The number of fused-ring (bicyclic) bond motifs is 2. The molecule has 2 amide bonds. The Morgan fingerprint density at radius 2 is 1.97 bits per heavy atom. The summed E-state index contributed by atoms with van der Waals surface area (Å²) in [6, 6.07) is 8.58. The molecule has 33 heavy (non-hydrogen) atoms. The van der Waals surface area contributed by atoms with Gasteiger partial charge in [0.1, 0.15) is 5.15 Å². The standard InChI is InChI=1S/C24H29Cl2N5O2/c1-3-29(4-2)14-16-8-5-6-13-30(16)15-21(32)31-22-17(9-7-10-18(22)25)24(33)27-19-11-12-20(26)28-23(19)31/h7,9-12,16H,3-6,8,13-15H2,1-2H3,(H,27,33). The SMILES string of the molecule is CCN(CC)CC1CCCCN1CC(=O)N1c2nc(Cl)ccc2NC(=O)c2cccc(Cl)c21. The summed E-state index contributed by atoms with van der Waals surface area (Å²) in [6.45, 7) is 8.27. The Morgan fingerprint density at radius 1 is 1.18 bits per heavy atom. The Hall–Kier alpha value is -2.19. The lowest BCUT2D eigenvalue weighted by atomic mass is 10.0. The number of nitrogens with zero attached hydrogens (tertiary/aromatic N) is 4. The van der Waals surface area contributed by atoms with E-state index in [0.29, 0.717) is 28.0 Å². The number of pyridine rings is 1. The number of rotatable bonds is 6. The molecule has 2 aliphatic heterocycles. The molecule has 1 atom stereocenters. The summed E-state index contributed by atoms with van der Waals surface area (Å²) in [5, 5.41) is 3.38. The number of amides is 2. The van der Waals surface area contributed by atoms with Crippen LogP contribution in [0.4, 0.5) is 17.2 Å². The number of hydrogen-bond donors (Lipinski definition) is 1. The quantitative estimate of drug-likeness (QED) is 0.589. The third-order valence-electron chi connectivity index (χ3n) is 6.46. The van der Waals surface area contributed by atoms with Gasteiger partial charge in [0.15, 0.2) is 5.82 Å². The summed E-state index contributed by atoms with van der Waals surface area (Å²) < 4.78 is 0. The largest absolute Gasteiger partial charge is 0.319 e. The third kappa shape index (κ3) is 5.01. The van der Waals surface area contributed by atoms with Crippen molar-refractivity contribution < 1.29 is 9.59 Å². The van der Waals surface area contributed by atoms with Gasteiger partial charge < -0.3 is 10.2 Å². The molecular formula is C24H29Cl2N5O2. The number of aromatic nitrogens is 1. The smallest absolute Gasteiger partial charge is 0.257 e. The van der Waals surface area contributed by atoms with Crippen molar-refractivity contribution >= 4 is 52.2 Å². The Morgan fingerprint density at radius 3 is 2.73 bits per heavy atom. The van der Waals surface area contributed by atoms with Crippen LogP contribution in [-0.2, 0) is 4.79 Å². The van der Waals surface area contributed by atoms with Crippen molar-refractivity contribution in [3.05, 3.63) is 46.1 Å². The molecular weight excluding hydrogens is 461 g/mol. The summed E-state index contributed by atoms with van der Waals surface area (Å²) in [7, 11) is 0. The van der Waals surface area contributed by atoms with Crippen molar-refractivity contribution in [3.8, 4) is 0 Å². The van der Waals surface area contributed by atoms with Gasteiger partial charge in [-0.2, -0.15) is 0 Å². The second kappa shape index (κ2) is 10.4. The minimum Gasteiger partial charge on any atom is -0.319 e. The predicted octanol–water partition coefficient (Wildman–Crippen LogP) is 4.82. The van der Waals surface area contributed by atoms with Crippen LogP contribution in [-0.4, -0.2) is 65.4 Å². The van der Waals surface area contributed by atoms with E-state index in [-0.39, 0.29) is 29.3 Å².